The van der Waals surface area contributed by atoms with Gasteiger partial charge in [-0.1, -0.05) is 23.5 Å². The highest BCUT2D eigenvalue weighted by atomic mass is 32.1. The summed E-state index contributed by atoms with van der Waals surface area (Å²) in [5, 5.41) is 1.12. The molecule has 0 radical (unpaired) electrons. The van der Waals surface area contributed by atoms with Gasteiger partial charge in [-0.15, -0.1) is 0 Å². The largest absolute Gasteiger partial charge is 0.347 e. The summed E-state index contributed by atoms with van der Waals surface area (Å²) in [7, 11) is 0. The van der Waals surface area contributed by atoms with Gasteiger partial charge in [0.1, 0.15) is 0 Å². The molecule has 0 saturated carbocycles. The van der Waals surface area contributed by atoms with Crippen LogP contribution in [0.5, 0.6) is 0 Å². The van der Waals surface area contributed by atoms with Crippen molar-refractivity contribution in [3.05, 3.63) is 24.3 Å². The van der Waals surface area contributed by atoms with Gasteiger partial charge < -0.3 is 10.6 Å². The van der Waals surface area contributed by atoms with E-state index in [-0.39, 0.29) is 0 Å². The van der Waals surface area contributed by atoms with Crippen molar-refractivity contribution < 1.29 is 0 Å². The van der Waals surface area contributed by atoms with Gasteiger partial charge in [0.25, 0.3) is 0 Å². The van der Waals surface area contributed by atoms with Crippen molar-refractivity contribution in [3.63, 3.8) is 0 Å². The monoisotopic (exact) mass is 233 g/mol. The van der Waals surface area contributed by atoms with Gasteiger partial charge in [-0.3, -0.25) is 0 Å². The van der Waals surface area contributed by atoms with Gasteiger partial charge in [0.2, 0.25) is 0 Å². The summed E-state index contributed by atoms with van der Waals surface area (Å²) in [5.41, 5.74) is 7.09. The average molecular weight is 233 g/mol. The van der Waals surface area contributed by atoms with Crippen LogP contribution in [0.3, 0.4) is 0 Å². The normalized spacial score (nSPS) is 21.6. The maximum Gasteiger partial charge on any atom is 0.186 e. The number of aromatic nitrogens is 1. The number of thiazole rings is 1. The van der Waals surface area contributed by atoms with Crippen LogP contribution in [0.4, 0.5) is 5.13 Å². The number of benzene rings is 1. The van der Waals surface area contributed by atoms with Crippen LogP contribution in [0.25, 0.3) is 10.2 Å². The van der Waals surface area contributed by atoms with E-state index < -0.39 is 0 Å². The molecule has 0 aliphatic carbocycles. The lowest BCUT2D eigenvalue weighted by atomic mass is 10.1. The number of anilines is 1. The van der Waals surface area contributed by atoms with E-state index >= 15 is 0 Å². The van der Waals surface area contributed by atoms with Crippen molar-refractivity contribution in [2.24, 2.45) is 5.73 Å². The van der Waals surface area contributed by atoms with Crippen molar-refractivity contribution in [2.75, 3.05) is 18.0 Å². The predicted octanol–water partition coefficient (Wildman–Crippen LogP) is 2.22. The molecule has 1 aromatic heterocycles. The molecule has 1 aromatic carbocycles. The summed E-state index contributed by atoms with van der Waals surface area (Å²) in [5.74, 6) is 0. The second kappa shape index (κ2) is 4.03. The number of fused-ring (bicyclic) bond motifs is 1. The Hall–Kier alpha value is -1.13. The Morgan fingerprint density at radius 3 is 3.06 bits per heavy atom. The Morgan fingerprint density at radius 2 is 2.25 bits per heavy atom. The smallest absolute Gasteiger partial charge is 0.186 e. The molecule has 1 aliphatic heterocycles. The SMILES string of the molecule is N[C@@H]1CCCN(c2nc3ccccc3s2)C1. The van der Waals surface area contributed by atoms with E-state index in [9.17, 15) is 0 Å². The molecule has 84 valence electrons. The number of rotatable bonds is 1. The lowest BCUT2D eigenvalue weighted by Crippen LogP contribution is -2.42. The minimum absolute atomic E-state index is 0.306. The van der Waals surface area contributed by atoms with E-state index in [2.05, 4.69) is 28.1 Å². The Bertz CT molecular complexity index is 461. The molecule has 2 heterocycles. The van der Waals surface area contributed by atoms with E-state index in [1.807, 2.05) is 6.07 Å². The predicted molar refractivity (Wildman–Crippen MR) is 69.0 cm³/mol. The Balaban J connectivity index is 1.93. The van der Waals surface area contributed by atoms with Gasteiger partial charge >= 0.3 is 0 Å². The fourth-order valence-corrected chi connectivity index (χ4v) is 3.18. The Morgan fingerprint density at radius 1 is 1.38 bits per heavy atom. The summed E-state index contributed by atoms with van der Waals surface area (Å²) < 4.78 is 1.26. The van der Waals surface area contributed by atoms with E-state index in [4.69, 9.17) is 5.73 Å². The molecule has 4 heteroatoms. The first kappa shape index (κ1) is 10.1. The number of para-hydroxylation sites is 1. The van der Waals surface area contributed by atoms with Crippen molar-refractivity contribution in [2.45, 2.75) is 18.9 Å². The number of nitrogens with zero attached hydrogens (tertiary/aromatic N) is 2. The number of hydrogen-bond donors (Lipinski definition) is 1. The van der Waals surface area contributed by atoms with E-state index in [0.29, 0.717) is 6.04 Å². The van der Waals surface area contributed by atoms with Gasteiger partial charge in [-0.25, -0.2) is 4.98 Å². The molecule has 0 spiro atoms. The molecule has 0 unspecified atom stereocenters. The van der Waals surface area contributed by atoms with Crippen LogP contribution in [0, 0.1) is 0 Å². The molecule has 0 amide bonds. The first-order valence-electron chi connectivity index (χ1n) is 5.69. The third kappa shape index (κ3) is 1.79. The van der Waals surface area contributed by atoms with Gasteiger partial charge in [-0.05, 0) is 25.0 Å². The van der Waals surface area contributed by atoms with E-state index in [1.54, 1.807) is 11.3 Å². The maximum absolute atomic E-state index is 5.99. The van der Waals surface area contributed by atoms with Crippen molar-refractivity contribution in [1.82, 2.24) is 4.98 Å². The van der Waals surface area contributed by atoms with Crippen LogP contribution in [0.2, 0.25) is 0 Å². The first-order chi connectivity index (χ1) is 7.83. The van der Waals surface area contributed by atoms with Gasteiger partial charge in [0.15, 0.2) is 5.13 Å². The van der Waals surface area contributed by atoms with Crippen LogP contribution < -0.4 is 10.6 Å². The zero-order chi connectivity index (χ0) is 11.0. The molecule has 3 nitrogen and oxygen atoms in total. The molecule has 0 bridgehead atoms. The summed E-state index contributed by atoms with van der Waals surface area (Å²) in [6, 6.07) is 8.60. The van der Waals surface area contributed by atoms with Crippen molar-refractivity contribution >= 4 is 26.7 Å². The standard InChI is InChI=1S/C12H15N3S/c13-9-4-3-7-15(8-9)12-14-10-5-1-2-6-11(10)16-12/h1-2,5-6,9H,3-4,7-8,13H2/t9-/m1/s1. The Kier molecular flexibility index (Phi) is 2.53. The highest BCUT2D eigenvalue weighted by Gasteiger charge is 2.19. The molecule has 2 N–H and O–H groups in total. The third-order valence-corrected chi connectivity index (χ3v) is 4.11. The lowest BCUT2D eigenvalue weighted by Gasteiger charge is -2.30. The van der Waals surface area contributed by atoms with Gasteiger partial charge in [-0.2, -0.15) is 0 Å². The molecule has 3 rings (SSSR count). The van der Waals surface area contributed by atoms with Crippen molar-refractivity contribution in [3.8, 4) is 0 Å². The van der Waals surface area contributed by atoms with Crippen LogP contribution in [0.15, 0.2) is 24.3 Å². The van der Waals surface area contributed by atoms with Gasteiger partial charge in [0, 0.05) is 19.1 Å². The molecule has 16 heavy (non-hydrogen) atoms. The molecular formula is C12H15N3S. The summed E-state index contributed by atoms with van der Waals surface area (Å²) in [6.07, 6.45) is 2.32. The zero-order valence-electron chi connectivity index (χ0n) is 9.10. The Labute approximate surface area is 98.9 Å². The van der Waals surface area contributed by atoms with Crippen LogP contribution in [0.1, 0.15) is 12.8 Å². The van der Waals surface area contributed by atoms with E-state index in [1.165, 1.54) is 11.1 Å². The topological polar surface area (TPSA) is 42.1 Å². The second-order valence-corrected chi connectivity index (χ2v) is 5.32. The maximum atomic E-state index is 5.99. The molecule has 1 saturated heterocycles. The van der Waals surface area contributed by atoms with Crippen LogP contribution >= 0.6 is 11.3 Å². The minimum Gasteiger partial charge on any atom is -0.347 e. The molecule has 2 aromatic rings. The first-order valence-corrected chi connectivity index (χ1v) is 6.51. The summed E-state index contributed by atoms with van der Waals surface area (Å²) in [6.45, 7) is 2.04. The number of piperidine rings is 1. The van der Waals surface area contributed by atoms with Gasteiger partial charge in [0.05, 0.1) is 10.2 Å². The van der Waals surface area contributed by atoms with Crippen LogP contribution in [-0.4, -0.2) is 24.1 Å². The third-order valence-electron chi connectivity index (χ3n) is 3.01. The highest BCUT2D eigenvalue weighted by Crippen LogP contribution is 2.29. The van der Waals surface area contributed by atoms with E-state index in [0.717, 1.165) is 30.2 Å². The zero-order valence-corrected chi connectivity index (χ0v) is 9.91. The fourth-order valence-electron chi connectivity index (χ4n) is 2.18. The molecule has 1 aliphatic rings. The summed E-state index contributed by atoms with van der Waals surface area (Å²) >= 11 is 1.77. The number of nitrogens with two attached hydrogens (primary N) is 1. The molecular weight excluding hydrogens is 218 g/mol. The summed E-state index contributed by atoms with van der Waals surface area (Å²) in [4.78, 5) is 6.98. The highest BCUT2D eigenvalue weighted by molar-refractivity contribution is 7.22. The fraction of sp³-hybridized carbons (Fsp3) is 0.417. The van der Waals surface area contributed by atoms with Crippen molar-refractivity contribution in [1.29, 1.82) is 0 Å². The van der Waals surface area contributed by atoms with Crippen LogP contribution in [-0.2, 0) is 0 Å². The molecule has 1 atom stereocenters. The second-order valence-electron chi connectivity index (χ2n) is 4.31. The molecule has 1 fully saturated rings. The minimum atomic E-state index is 0.306. The lowest BCUT2D eigenvalue weighted by molar-refractivity contribution is 0.506. The average Bonchev–Trinajstić information content (AvgIpc) is 2.72. The number of hydrogen-bond acceptors (Lipinski definition) is 4. The quantitative estimate of drug-likeness (QED) is 0.821.